The van der Waals surface area contributed by atoms with Gasteiger partial charge in [0.2, 0.25) is 0 Å². The molecule has 0 aromatic heterocycles. The molecule has 0 amide bonds. The molecule has 252 valence electrons. The summed E-state index contributed by atoms with van der Waals surface area (Å²) in [4.78, 5) is 2.00. The molecule has 2 saturated heterocycles. The van der Waals surface area contributed by atoms with Gasteiger partial charge in [-0.15, -0.1) is 0 Å². The van der Waals surface area contributed by atoms with E-state index in [2.05, 4.69) is 5.32 Å². The van der Waals surface area contributed by atoms with Crippen LogP contribution in [0.3, 0.4) is 0 Å². The second kappa shape index (κ2) is 14.7. The van der Waals surface area contributed by atoms with Crippen LogP contribution in [-0.2, 0) is 4.74 Å². The SMILES string of the molecule is OCC1OC(c2ccc(-c3ccc(C4C(CCCC(O)c5ccc(F)cc5)NC(=S)N4c4ccccc4)c(O)c3)cc2)C(O)C(O)C1O. The second-order valence-corrected chi connectivity index (χ2v) is 12.7. The van der Waals surface area contributed by atoms with Crippen molar-refractivity contribution >= 4 is 23.0 Å². The van der Waals surface area contributed by atoms with Gasteiger partial charge >= 0.3 is 0 Å². The summed E-state index contributed by atoms with van der Waals surface area (Å²) < 4.78 is 19.0. The van der Waals surface area contributed by atoms with E-state index in [1.807, 2.05) is 59.5 Å². The molecule has 0 spiro atoms. The van der Waals surface area contributed by atoms with E-state index in [0.717, 1.165) is 16.8 Å². The molecule has 2 aliphatic heterocycles. The number of rotatable bonds is 10. The van der Waals surface area contributed by atoms with Gasteiger partial charge in [-0.3, -0.25) is 0 Å². The van der Waals surface area contributed by atoms with Gasteiger partial charge in [-0.25, -0.2) is 4.39 Å². The molecule has 2 heterocycles. The highest BCUT2D eigenvalue weighted by Gasteiger charge is 2.44. The van der Waals surface area contributed by atoms with Crippen LogP contribution in [0.15, 0.2) is 97.1 Å². The first-order valence-corrected chi connectivity index (χ1v) is 16.4. The van der Waals surface area contributed by atoms with Gasteiger partial charge in [-0.05, 0) is 84.1 Å². The highest BCUT2D eigenvalue weighted by molar-refractivity contribution is 7.80. The highest BCUT2D eigenvalue weighted by Crippen LogP contribution is 2.42. The van der Waals surface area contributed by atoms with Crippen molar-refractivity contribution in [1.82, 2.24) is 5.32 Å². The molecule has 0 aliphatic carbocycles. The van der Waals surface area contributed by atoms with Crippen molar-refractivity contribution in [2.45, 2.75) is 68.0 Å². The van der Waals surface area contributed by atoms with Crippen LogP contribution >= 0.6 is 12.2 Å². The van der Waals surface area contributed by atoms with Crippen molar-refractivity contribution in [2.75, 3.05) is 11.5 Å². The fraction of sp³-hybridized carbons (Fsp3) is 0.324. The fourth-order valence-electron chi connectivity index (χ4n) is 6.66. The van der Waals surface area contributed by atoms with Gasteiger partial charge in [0.1, 0.15) is 42.1 Å². The average molecular weight is 675 g/mol. The average Bonchev–Trinajstić information content (AvgIpc) is 3.43. The summed E-state index contributed by atoms with van der Waals surface area (Å²) in [5.41, 5.74) is 4.31. The summed E-state index contributed by atoms with van der Waals surface area (Å²) in [7, 11) is 0. The molecule has 2 fully saturated rings. The van der Waals surface area contributed by atoms with Crippen molar-refractivity contribution in [3.05, 3.63) is 120 Å². The third kappa shape index (κ3) is 6.94. The Bertz CT molecular complexity index is 1690. The van der Waals surface area contributed by atoms with Crippen LogP contribution in [0, 0.1) is 5.82 Å². The van der Waals surface area contributed by atoms with Crippen LogP contribution in [0.2, 0.25) is 0 Å². The monoisotopic (exact) mass is 674 g/mol. The van der Waals surface area contributed by atoms with Gasteiger partial charge in [0, 0.05) is 11.3 Å². The Morgan fingerprint density at radius 3 is 2.21 bits per heavy atom. The molecule has 4 aromatic carbocycles. The number of para-hydroxylation sites is 1. The fourth-order valence-corrected chi connectivity index (χ4v) is 7.03. The quantitative estimate of drug-likeness (QED) is 0.121. The normalized spacial score (nSPS) is 26.3. The zero-order valence-corrected chi connectivity index (χ0v) is 26.8. The van der Waals surface area contributed by atoms with E-state index in [1.165, 1.54) is 12.1 Å². The molecule has 8 atom stereocenters. The molecule has 8 unspecified atom stereocenters. The standard InChI is InChI=1S/C37H39FN2O7S/c38-25-16-13-22(14-17-25)29(42)8-4-7-28-32(40(37(48)39-28)26-5-2-1-3-6-26)27-18-15-24(19-30(27)43)21-9-11-23(12-10-21)36-35(46)34(45)33(44)31(20-41)47-36/h1-3,5-6,9-19,28-29,31-36,41-46H,4,7-8,20H2,(H,39,48). The molecule has 6 rings (SSSR count). The predicted octanol–water partition coefficient (Wildman–Crippen LogP) is 4.42. The van der Waals surface area contributed by atoms with Crippen molar-refractivity contribution in [2.24, 2.45) is 0 Å². The van der Waals surface area contributed by atoms with E-state index < -0.39 is 43.2 Å². The molecule has 48 heavy (non-hydrogen) atoms. The molecule has 7 N–H and O–H groups in total. The molecule has 9 nitrogen and oxygen atoms in total. The number of benzene rings is 4. The molecule has 0 saturated carbocycles. The predicted molar refractivity (Wildman–Crippen MR) is 183 cm³/mol. The minimum Gasteiger partial charge on any atom is -0.508 e. The molecule has 0 radical (unpaired) electrons. The van der Waals surface area contributed by atoms with Crippen LogP contribution in [0.4, 0.5) is 10.1 Å². The van der Waals surface area contributed by atoms with Crippen molar-refractivity contribution in [3.8, 4) is 16.9 Å². The number of nitrogens with one attached hydrogen (secondary N) is 1. The van der Waals surface area contributed by atoms with E-state index in [0.29, 0.717) is 41.1 Å². The van der Waals surface area contributed by atoms with Crippen LogP contribution in [0.1, 0.15) is 54.2 Å². The summed E-state index contributed by atoms with van der Waals surface area (Å²) in [5.74, 6) is -0.270. The second-order valence-electron chi connectivity index (χ2n) is 12.3. The number of aliphatic hydroxyl groups is 5. The van der Waals surface area contributed by atoms with Crippen LogP contribution in [0.5, 0.6) is 5.75 Å². The maximum atomic E-state index is 13.4. The Kier molecular flexibility index (Phi) is 10.4. The van der Waals surface area contributed by atoms with Crippen LogP contribution in [-0.4, -0.2) is 72.8 Å². The number of phenolic OH excluding ortho intramolecular Hbond substituents is 1. The Labute approximate surface area is 283 Å². The van der Waals surface area contributed by atoms with Gasteiger partial charge in [0.05, 0.1) is 24.8 Å². The van der Waals surface area contributed by atoms with Gasteiger partial charge in [-0.2, -0.15) is 0 Å². The van der Waals surface area contributed by atoms with Crippen LogP contribution in [0.25, 0.3) is 11.1 Å². The van der Waals surface area contributed by atoms with E-state index in [-0.39, 0.29) is 23.7 Å². The maximum absolute atomic E-state index is 13.4. The molecule has 2 aliphatic rings. The molecule has 4 aromatic rings. The van der Waals surface area contributed by atoms with E-state index in [4.69, 9.17) is 17.0 Å². The Morgan fingerprint density at radius 1 is 0.854 bits per heavy atom. The first-order chi connectivity index (χ1) is 23.2. The van der Waals surface area contributed by atoms with E-state index >= 15 is 0 Å². The number of nitrogens with zero attached hydrogens (tertiary/aromatic N) is 1. The number of hydrogen-bond donors (Lipinski definition) is 7. The Morgan fingerprint density at radius 2 is 1.54 bits per heavy atom. The molecule has 11 heteroatoms. The number of aromatic hydroxyl groups is 1. The lowest BCUT2D eigenvalue weighted by molar-refractivity contribution is -0.231. The summed E-state index contributed by atoms with van der Waals surface area (Å²) in [5, 5.41) is 66.5. The number of thiocarbonyl (C=S) groups is 1. The number of halogens is 1. The minimum atomic E-state index is -1.47. The lowest BCUT2D eigenvalue weighted by Gasteiger charge is -2.40. The van der Waals surface area contributed by atoms with Gasteiger partial charge in [0.15, 0.2) is 5.11 Å². The zero-order chi connectivity index (χ0) is 33.9. The summed E-state index contributed by atoms with van der Waals surface area (Å²) in [6, 6.07) is 27.6. The van der Waals surface area contributed by atoms with Gasteiger partial charge < -0.3 is 45.6 Å². The molecule has 0 bridgehead atoms. The third-order valence-corrected chi connectivity index (χ3v) is 9.60. The lowest BCUT2D eigenvalue weighted by Crippen LogP contribution is -2.55. The number of aliphatic hydroxyl groups excluding tert-OH is 5. The summed E-state index contributed by atoms with van der Waals surface area (Å²) in [6.45, 7) is -0.507. The highest BCUT2D eigenvalue weighted by atomic mass is 32.1. The van der Waals surface area contributed by atoms with Gasteiger partial charge in [0.25, 0.3) is 0 Å². The molecular formula is C37H39FN2O7S. The van der Waals surface area contributed by atoms with Crippen LogP contribution < -0.4 is 10.2 Å². The van der Waals surface area contributed by atoms with Gasteiger partial charge in [-0.1, -0.05) is 66.7 Å². The Balaban J connectivity index is 1.22. The number of phenols is 1. The maximum Gasteiger partial charge on any atom is 0.174 e. The first kappa shape index (κ1) is 33.9. The van der Waals surface area contributed by atoms with Crippen molar-refractivity contribution in [1.29, 1.82) is 0 Å². The minimum absolute atomic E-state index is 0.0827. The van der Waals surface area contributed by atoms with Crippen molar-refractivity contribution in [3.63, 3.8) is 0 Å². The summed E-state index contributed by atoms with van der Waals surface area (Å²) >= 11 is 5.79. The van der Waals surface area contributed by atoms with E-state index in [9.17, 15) is 35.0 Å². The topological polar surface area (TPSA) is 146 Å². The zero-order valence-electron chi connectivity index (χ0n) is 26.0. The first-order valence-electron chi connectivity index (χ1n) is 16.0. The van der Waals surface area contributed by atoms with Crippen molar-refractivity contribution < 1.29 is 39.8 Å². The summed E-state index contributed by atoms with van der Waals surface area (Å²) in [6.07, 6.45) is -5.20. The lowest BCUT2D eigenvalue weighted by atomic mass is 9.90. The molecular weight excluding hydrogens is 635 g/mol. The smallest absolute Gasteiger partial charge is 0.174 e. The Hall–Kier alpha value is -3.94. The number of ether oxygens (including phenoxy) is 1. The van der Waals surface area contributed by atoms with E-state index in [1.54, 1.807) is 30.3 Å². The third-order valence-electron chi connectivity index (χ3n) is 9.28. The number of hydrogen-bond acceptors (Lipinski definition) is 8. The number of anilines is 1. The largest absolute Gasteiger partial charge is 0.508 e.